The van der Waals surface area contributed by atoms with E-state index in [0.717, 1.165) is 16.7 Å². The Kier molecular flexibility index (Phi) is 4.45. The molecule has 0 aliphatic rings. The lowest BCUT2D eigenvalue weighted by molar-refractivity contribution is 0.413. The highest BCUT2D eigenvalue weighted by molar-refractivity contribution is 7.84. The minimum Gasteiger partial charge on any atom is -0.497 e. The van der Waals surface area contributed by atoms with Crippen molar-refractivity contribution in [3.8, 4) is 5.75 Å². The third-order valence-electron chi connectivity index (χ3n) is 3.39. The van der Waals surface area contributed by atoms with Crippen LogP contribution in [-0.2, 0) is 16.6 Å². The van der Waals surface area contributed by atoms with E-state index < -0.39 is 10.8 Å². The van der Waals surface area contributed by atoms with E-state index in [-0.39, 0.29) is 0 Å². The summed E-state index contributed by atoms with van der Waals surface area (Å²) in [5.41, 5.74) is 9.89. The van der Waals surface area contributed by atoms with Crippen molar-refractivity contribution in [2.75, 3.05) is 12.8 Å². The van der Waals surface area contributed by atoms with Crippen molar-refractivity contribution >= 4 is 16.5 Å². The molecule has 4 heteroatoms. The minimum absolute atomic E-state index is 0.468. The molecule has 0 saturated heterocycles. The average molecular weight is 289 g/mol. The van der Waals surface area contributed by atoms with E-state index in [4.69, 9.17) is 10.5 Å². The van der Waals surface area contributed by atoms with Gasteiger partial charge >= 0.3 is 0 Å². The molecule has 0 heterocycles. The smallest absolute Gasteiger partial charge is 0.120 e. The molecule has 0 amide bonds. The lowest BCUT2D eigenvalue weighted by Gasteiger charge is -2.11. The second-order valence-electron chi connectivity index (χ2n) is 4.76. The van der Waals surface area contributed by atoms with Crippen LogP contribution in [0.15, 0.2) is 41.3 Å². The lowest BCUT2D eigenvalue weighted by atomic mass is 10.1. The first-order valence-corrected chi connectivity index (χ1v) is 7.72. The Morgan fingerprint density at radius 2 is 1.80 bits per heavy atom. The number of hydrogen-bond donors (Lipinski definition) is 1. The molecule has 0 aromatic heterocycles. The number of nitrogen functional groups attached to an aromatic ring is 1. The SMILES string of the molecule is COc1ccc(N)c(S(=O)Cc2c(C)cccc2C)c1. The molecule has 1 atom stereocenters. The van der Waals surface area contributed by atoms with Crippen LogP contribution in [0.1, 0.15) is 16.7 Å². The normalized spacial score (nSPS) is 12.2. The first kappa shape index (κ1) is 14.6. The van der Waals surface area contributed by atoms with Crippen LogP contribution in [0.5, 0.6) is 5.75 Å². The van der Waals surface area contributed by atoms with Gasteiger partial charge in [-0.3, -0.25) is 4.21 Å². The van der Waals surface area contributed by atoms with Crippen molar-refractivity contribution in [1.82, 2.24) is 0 Å². The Labute approximate surface area is 122 Å². The van der Waals surface area contributed by atoms with E-state index >= 15 is 0 Å². The molecule has 0 radical (unpaired) electrons. The summed E-state index contributed by atoms with van der Waals surface area (Å²) < 4.78 is 17.8. The van der Waals surface area contributed by atoms with Crippen molar-refractivity contribution < 1.29 is 8.95 Å². The third-order valence-corrected chi connectivity index (χ3v) is 4.78. The summed E-state index contributed by atoms with van der Waals surface area (Å²) in [6, 6.07) is 11.3. The summed E-state index contributed by atoms with van der Waals surface area (Å²) in [7, 11) is 0.404. The first-order chi connectivity index (χ1) is 9.52. The molecule has 1 unspecified atom stereocenters. The van der Waals surface area contributed by atoms with Gasteiger partial charge in [-0.25, -0.2) is 0 Å². The van der Waals surface area contributed by atoms with Crippen molar-refractivity contribution in [1.29, 1.82) is 0 Å². The first-order valence-electron chi connectivity index (χ1n) is 6.40. The molecule has 106 valence electrons. The van der Waals surface area contributed by atoms with Gasteiger partial charge in [0, 0.05) is 5.69 Å². The molecule has 2 aromatic rings. The number of benzene rings is 2. The van der Waals surface area contributed by atoms with Gasteiger partial charge in [0.1, 0.15) is 5.75 Å². The number of ether oxygens (including phenoxy) is 1. The molecule has 0 saturated carbocycles. The van der Waals surface area contributed by atoms with Gasteiger partial charge in [-0.05, 0) is 48.7 Å². The summed E-state index contributed by atoms with van der Waals surface area (Å²) in [5.74, 6) is 1.14. The fourth-order valence-corrected chi connectivity index (χ4v) is 3.58. The van der Waals surface area contributed by atoms with E-state index in [2.05, 4.69) is 0 Å². The average Bonchev–Trinajstić information content (AvgIpc) is 2.43. The van der Waals surface area contributed by atoms with Crippen LogP contribution in [0, 0.1) is 13.8 Å². The van der Waals surface area contributed by atoms with Gasteiger partial charge in [0.05, 0.1) is 28.6 Å². The molecule has 3 nitrogen and oxygen atoms in total. The van der Waals surface area contributed by atoms with Crippen LogP contribution >= 0.6 is 0 Å². The summed E-state index contributed by atoms with van der Waals surface area (Å²) in [6.45, 7) is 4.07. The number of nitrogens with two attached hydrogens (primary N) is 1. The quantitative estimate of drug-likeness (QED) is 0.879. The summed E-state index contributed by atoms with van der Waals surface area (Å²) in [5, 5.41) is 0. The maximum atomic E-state index is 12.6. The fraction of sp³-hybridized carbons (Fsp3) is 0.250. The number of hydrogen-bond acceptors (Lipinski definition) is 3. The van der Waals surface area contributed by atoms with Gasteiger partial charge in [0.15, 0.2) is 0 Å². The molecule has 0 spiro atoms. The Hall–Kier alpha value is -1.81. The second kappa shape index (κ2) is 6.09. The zero-order valence-corrected chi connectivity index (χ0v) is 12.8. The van der Waals surface area contributed by atoms with E-state index in [1.165, 1.54) is 0 Å². The molecule has 0 aliphatic heterocycles. The van der Waals surface area contributed by atoms with E-state index in [9.17, 15) is 4.21 Å². The second-order valence-corrected chi connectivity index (χ2v) is 6.18. The zero-order chi connectivity index (χ0) is 14.7. The molecule has 0 bridgehead atoms. The molecule has 20 heavy (non-hydrogen) atoms. The van der Waals surface area contributed by atoms with Crippen molar-refractivity contribution in [3.05, 3.63) is 53.1 Å². The van der Waals surface area contributed by atoms with Crippen LogP contribution in [0.3, 0.4) is 0 Å². The summed E-state index contributed by atoms with van der Waals surface area (Å²) in [4.78, 5) is 0.631. The van der Waals surface area contributed by atoms with Gasteiger partial charge in [0.2, 0.25) is 0 Å². The van der Waals surface area contributed by atoms with Gasteiger partial charge in [-0.1, -0.05) is 18.2 Å². The van der Waals surface area contributed by atoms with E-state index in [1.54, 1.807) is 25.3 Å². The number of methoxy groups -OCH3 is 1. The lowest BCUT2D eigenvalue weighted by Crippen LogP contribution is -2.04. The van der Waals surface area contributed by atoms with Gasteiger partial charge in [-0.15, -0.1) is 0 Å². The van der Waals surface area contributed by atoms with Crippen molar-refractivity contribution in [2.45, 2.75) is 24.5 Å². The number of rotatable bonds is 4. The maximum Gasteiger partial charge on any atom is 0.120 e. The standard InChI is InChI=1S/C16H19NO2S/c1-11-5-4-6-12(2)14(11)10-20(18)16-9-13(19-3)7-8-15(16)17/h4-9H,10,17H2,1-3H3. The highest BCUT2D eigenvalue weighted by Crippen LogP contribution is 2.26. The summed E-state index contributed by atoms with van der Waals surface area (Å²) in [6.07, 6.45) is 0. The molecule has 0 aliphatic carbocycles. The molecular formula is C16H19NO2S. The van der Waals surface area contributed by atoms with E-state index in [1.807, 2.05) is 32.0 Å². The molecule has 0 fully saturated rings. The maximum absolute atomic E-state index is 12.6. The number of anilines is 1. The predicted octanol–water partition coefficient (Wildman–Crippen LogP) is 3.20. The molecular weight excluding hydrogens is 270 g/mol. The molecule has 2 N–H and O–H groups in total. The van der Waals surface area contributed by atoms with Crippen LogP contribution in [0.4, 0.5) is 5.69 Å². The highest BCUT2D eigenvalue weighted by Gasteiger charge is 2.13. The van der Waals surface area contributed by atoms with Crippen LogP contribution < -0.4 is 10.5 Å². The van der Waals surface area contributed by atoms with Gasteiger partial charge < -0.3 is 10.5 Å². The minimum atomic E-state index is -1.18. The van der Waals surface area contributed by atoms with Crippen LogP contribution in [0.2, 0.25) is 0 Å². The molecule has 2 rings (SSSR count). The topological polar surface area (TPSA) is 52.3 Å². The van der Waals surface area contributed by atoms with Gasteiger partial charge in [0.25, 0.3) is 0 Å². The van der Waals surface area contributed by atoms with E-state index in [0.29, 0.717) is 22.1 Å². The van der Waals surface area contributed by atoms with Crippen molar-refractivity contribution in [3.63, 3.8) is 0 Å². The Bertz CT molecular complexity index is 633. The predicted molar refractivity (Wildman–Crippen MR) is 83.4 cm³/mol. The molecule has 2 aromatic carbocycles. The summed E-state index contributed by atoms with van der Waals surface area (Å²) >= 11 is 0. The monoisotopic (exact) mass is 289 g/mol. The number of aryl methyl sites for hydroxylation is 2. The van der Waals surface area contributed by atoms with Crippen molar-refractivity contribution in [2.24, 2.45) is 0 Å². The Morgan fingerprint density at radius 3 is 2.40 bits per heavy atom. The van der Waals surface area contributed by atoms with Gasteiger partial charge in [-0.2, -0.15) is 0 Å². The van der Waals surface area contributed by atoms with Crippen LogP contribution in [0.25, 0.3) is 0 Å². The van der Waals surface area contributed by atoms with Crippen LogP contribution in [-0.4, -0.2) is 11.3 Å². The Morgan fingerprint density at radius 1 is 1.15 bits per heavy atom. The highest BCUT2D eigenvalue weighted by atomic mass is 32.2. The fourth-order valence-electron chi connectivity index (χ4n) is 2.12. The zero-order valence-electron chi connectivity index (χ0n) is 12.0. The third kappa shape index (κ3) is 3.02. The largest absolute Gasteiger partial charge is 0.497 e. The Balaban J connectivity index is 2.33.